The Hall–Kier alpha value is -2.77. The Morgan fingerprint density at radius 3 is 2.00 bits per heavy atom. The van der Waals surface area contributed by atoms with Crippen LogP contribution in [0.4, 0.5) is 26.3 Å². The number of hydrogen-bond donors (Lipinski definition) is 0. The van der Waals surface area contributed by atoms with Crippen molar-refractivity contribution in [3.05, 3.63) is 34.9 Å². The highest BCUT2D eigenvalue weighted by molar-refractivity contribution is 5.95. The number of carbonyl (C=O) groups is 2. The maximum Gasteiger partial charge on any atom is 0.416 e. The molecule has 0 radical (unpaired) electrons. The normalized spacial score (nSPS) is 11.6. The molecule has 0 spiro atoms. The lowest BCUT2D eigenvalue weighted by molar-refractivity contribution is -0.144. The number of alkyl halides is 6. The van der Waals surface area contributed by atoms with Crippen LogP contribution in [0.3, 0.4) is 0 Å². The molecule has 5 nitrogen and oxygen atoms in total. The van der Waals surface area contributed by atoms with Crippen molar-refractivity contribution in [2.24, 2.45) is 0 Å². The lowest BCUT2D eigenvalue weighted by atomic mass is 10.0. The highest BCUT2D eigenvalue weighted by atomic mass is 19.4. The van der Waals surface area contributed by atoms with Gasteiger partial charge >= 0.3 is 18.3 Å². The molecule has 0 aliphatic carbocycles. The van der Waals surface area contributed by atoms with E-state index < -0.39 is 40.9 Å². The highest BCUT2D eigenvalue weighted by Gasteiger charge is 2.38. The Labute approximate surface area is 156 Å². The fourth-order valence-electron chi connectivity index (χ4n) is 2.22. The highest BCUT2D eigenvalue weighted by Crippen LogP contribution is 2.36. The summed E-state index contributed by atoms with van der Waals surface area (Å²) < 4.78 is 82.3. The van der Waals surface area contributed by atoms with E-state index in [9.17, 15) is 35.9 Å². The molecule has 0 aliphatic heterocycles. The number of ether oxygens (including phenoxy) is 1. The van der Waals surface area contributed by atoms with E-state index in [1.807, 2.05) is 0 Å². The number of nitrogens with zero attached hydrogens (tertiary/aromatic N) is 2. The summed E-state index contributed by atoms with van der Waals surface area (Å²) in [5.74, 6) is -1.85. The van der Waals surface area contributed by atoms with E-state index in [0.717, 1.165) is 4.90 Å². The molecule has 11 heteroatoms. The molecule has 0 N–H and O–H groups in total. The quantitative estimate of drug-likeness (QED) is 0.503. The second-order valence-electron chi connectivity index (χ2n) is 5.55. The molecule has 154 valence electrons. The van der Waals surface area contributed by atoms with E-state index in [-0.39, 0.29) is 38.6 Å². The van der Waals surface area contributed by atoms with Crippen molar-refractivity contribution in [3.8, 4) is 6.07 Å². The zero-order chi connectivity index (χ0) is 21.5. The van der Waals surface area contributed by atoms with Crippen molar-refractivity contribution in [2.75, 3.05) is 19.7 Å². The maximum absolute atomic E-state index is 12.9. The molecule has 1 amide bonds. The molecule has 1 aromatic rings. The number of nitriles is 1. The van der Waals surface area contributed by atoms with Gasteiger partial charge in [-0.15, -0.1) is 0 Å². The van der Waals surface area contributed by atoms with Gasteiger partial charge in [0, 0.05) is 18.7 Å². The number of amides is 1. The zero-order valence-corrected chi connectivity index (χ0v) is 14.7. The number of carbonyl (C=O) groups excluding carboxylic acids is 2. The SMILES string of the molecule is CCOC(=O)CCN(CCC#N)C(=O)c1cc(C(F)(F)F)cc(C(F)(F)F)c1. The fourth-order valence-corrected chi connectivity index (χ4v) is 2.22. The number of rotatable bonds is 7. The molecule has 0 fully saturated rings. The average molecular weight is 410 g/mol. The second-order valence-corrected chi connectivity index (χ2v) is 5.55. The molecule has 0 aromatic heterocycles. The Balaban J connectivity index is 3.25. The van der Waals surface area contributed by atoms with Crippen LogP contribution in [-0.2, 0) is 21.9 Å². The summed E-state index contributed by atoms with van der Waals surface area (Å²) in [5, 5.41) is 8.65. The lowest BCUT2D eigenvalue weighted by Crippen LogP contribution is -2.34. The molecule has 0 aliphatic rings. The summed E-state index contributed by atoms with van der Waals surface area (Å²) >= 11 is 0. The minimum Gasteiger partial charge on any atom is -0.466 e. The molecular weight excluding hydrogens is 394 g/mol. The van der Waals surface area contributed by atoms with Gasteiger partial charge in [-0.05, 0) is 25.1 Å². The van der Waals surface area contributed by atoms with E-state index in [2.05, 4.69) is 4.74 Å². The van der Waals surface area contributed by atoms with E-state index >= 15 is 0 Å². The first-order valence-electron chi connectivity index (χ1n) is 8.01. The molecule has 0 unspecified atom stereocenters. The van der Waals surface area contributed by atoms with Crippen LogP contribution in [-0.4, -0.2) is 36.5 Å². The number of halogens is 6. The smallest absolute Gasteiger partial charge is 0.416 e. The third kappa shape index (κ3) is 6.75. The van der Waals surface area contributed by atoms with Gasteiger partial charge in [0.2, 0.25) is 0 Å². The lowest BCUT2D eigenvalue weighted by Gasteiger charge is -2.22. The molecule has 0 bridgehead atoms. The van der Waals surface area contributed by atoms with Gasteiger partial charge in [0.1, 0.15) is 0 Å². The fraction of sp³-hybridized carbons (Fsp3) is 0.471. The molecule has 0 heterocycles. The van der Waals surface area contributed by atoms with Crippen molar-refractivity contribution in [1.29, 1.82) is 5.26 Å². The molecule has 1 aromatic carbocycles. The van der Waals surface area contributed by atoms with Gasteiger partial charge < -0.3 is 9.64 Å². The Kier molecular flexibility index (Phi) is 7.84. The second kappa shape index (κ2) is 9.43. The topological polar surface area (TPSA) is 70.4 Å². The van der Waals surface area contributed by atoms with Crippen LogP contribution in [0, 0.1) is 11.3 Å². The van der Waals surface area contributed by atoms with Crippen LogP contribution >= 0.6 is 0 Å². The van der Waals surface area contributed by atoms with E-state index in [4.69, 9.17) is 5.26 Å². The largest absolute Gasteiger partial charge is 0.466 e. The summed E-state index contributed by atoms with van der Waals surface area (Å²) in [6.45, 7) is 1.01. The summed E-state index contributed by atoms with van der Waals surface area (Å²) in [6.07, 6.45) is -10.7. The minimum atomic E-state index is -5.10. The van der Waals surface area contributed by atoms with E-state index in [1.54, 1.807) is 6.07 Å². The van der Waals surface area contributed by atoms with Crippen molar-refractivity contribution in [3.63, 3.8) is 0 Å². The van der Waals surface area contributed by atoms with Crippen LogP contribution < -0.4 is 0 Å². The number of hydrogen-bond acceptors (Lipinski definition) is 4. The van der Waals surface area contributed by atoms with Crippen molar-refractivity contribution in [2.45, 2.75) is 32.1 Å². The minimum absolute atomic E-state index is 0.0630. The van der Waals surface area contributed by atoms with Gasteiger partial charge in [-0.1, -0.05) is 0 Å². The van der Waals surface area contributed by atoms with Crippen molar-refractivity contribution >= 4 is 11.9 Å². The van der Waals surface area contributed by atoms with Crippen molar-refractivity contribution in [1.82, 2.24) is 4.90 Å². The monoisotopic (exact) mass is 410 g/mol. The van der Waals surface area contributed by atoms with Crippen LogP contribution in [0.5, 0.6) is 0 Å². The molecule has 0 saturated heterocycles. The third-order valence-electron chi connectivity index (χ3n) is 3.51. The van der Waals surface area contributed by atoms with Crippen LogP contribution in [0.1, 0.15) is 41.3 Å². The Morgan fingerprint density at radius 2 is 1.57 bits per heavy atom. The third-order valence-corrected chi connectivity index (χ3v) is 3.51. The van der Waals surface area contributed by atoms with Crippen LogP contribution in [0.15, 0.2) is 18.2 Å². The van der Waals surface area contributed by atoms with Gasteiger partial charge in [0.05, 0.1) is 36.6 Å². The van der Waals surface area contributed by atoms with E-state index in [0.29, 0.717) is 12.1 Å². The Morgan fingerprint density at radius 1 is 1.04 bits per heavy atom. The summed E-state index contributed by atoms with van der Waals surface area (Å²) in [7, 11) is 0. The van der Waals surface area contributed by atoms with Crippen LogP contribution in [0.25, 0.3) is 0 Å². The standard InChI is InChI=1S/C17H16F6N2O3/c1-2-28-14(26)4-7-25(6-3-5-24)15(27)11-8-12(16(18,19)20)10-13(9-11)17(21,22)23/h8-10H,2-4,6-7H2,1H3. The first kappa shape index (κ1) is 23.3. The zero-order valence-electron chi connectivity index (χ0n) is 14.7. The molecule has 0 saturated carbocycles. The first-order chi connectivity index (χ1) is 12.9. The van der Waals surface area contributed by atoms with Gasteiger partial charge in [-0.25, -0.2) is 0 Å². The predicted octanol–water partition coefficient (Wildman–Crippen LogP) is 4.03. The molecule has 0 atom stereocenters. The Bertz CT molecular complexity index is 720. The van der Waals surface area contributed by atoms with E-state index in [1.165, 1.54) is 6.92 Å². The summed E-state index contributed by atoms with van der Waals surface area (Å²) in [5.41, 5.74) is -4.10. The summed E-state index contributed by atoms with van der Waals surface area (Å²) in [6, 6.07) is 2.24. The predicted molar refractivity (Wildman–Crippen MR) is 83.8 cm³/mol. The first-order valence-corrected chi connectivity index (χ1v) is 8.01. The van der Waals surface area contributed by atoms with Gasteiger partial charge in [0.25, 0.3) is 5.91 Å². The van der Waals surface area contributed by atoms with Gasteiger partial charge in [0.15, 0.2) is 0 Å². The van der Waals surface area contributed by atoms with Gasteiger partial charge in [-0.3, -0.25) is 9.59 Å². The molecule has 28 heavy (non-hydrogen) atoms. The number of benzene rings is 1. The van der Waals surface area contributed by atoms with Gasteiger partial charge in [-0.2, -0.15) is 31.6 Å². The summed E-state index contributed by atoms with van der Waals surface area (Å²) in [4.78, 5) is 24.8. The van der Waals surface area contributed by atoms with Crippen molar-refractivity contribution < 1.29 is 40.7 Å². The molecular formula is C17H16F6N2O3. The van der Waals surface area contributed by atoms with Crippen LogP contribution in [0.2, 0.25) is 0 Å². The maximum atomic E-state index is 12.9. The number of esters is 1. The average Bonchev–Trinajstić information content (AvgIpc) is 2.59. The molecule has 1 rings (SSSR count).